The number of carbonyl (C=O) groups is 1. The van der Waals surface area contributed by atoms with Crippen LogP contribution in [0.5, 0.6) is 0 Å². The monoisotopic (exact) mass is 175 g/mol. The van der Waals surface area contributed by atoms with E-state index in [2.05, 4.69) is 5.73 Å². The predicted octanol–water partition coefficient (Wildman–Crippen LogP) is 1.20. The summed E-state index contributed by atoms with van der Waals surface area (Å²) in [6.07, 6.45) is 0. The van der Waals surface area contributed by atoms with Crippen molar-refractivity contribution in [3.05, 3.63) is 35.1 Å². The molecule has 0 bridgehead atoms. The number of rotatable bonds is 1. The van der Waals surface area contributed by atoms with Crippen molar-refractivity contribution in [1.29, 1.82) is 0 Å². The summed E-state index contributed by atoms with van der Waals surface area (Å²) in [5, 5.41) is 0. The second kappa shape index (κ2) is 2.84. The minimum Gasteiger partial charge on any atom is -0.365 e. The number of hydrogen-bond donors (Lipinski definition) is 1. The third-order valence-corrected chi connectivity index (χ3v) is 1.29. The molecule has 64 valence electrons. The van der Waals surface area contributed by atoms with Gasteiger partial charge in [0.05, 0.1) is 0 Å². The SMILES string of the molecule is NC(=O)c1c(F)ccc(F)c1F. The summed E-state index contributed by atoms with van der Waals surface area (Å²) >= 11 is 0. The maximum absolute atomic E-state index is 12.6. The van der Waals surface area contributed by atoms with Crippen molar-refractivity contribution in [2.24, 2.45) is 5.73 Å². The van der Waals surface area contributed by atoms with Gasteiger partial charge in [0.1, 0.15) is 11.4 Å². The molecule has 0 aliphatic rings. The Morgan fingerprint density at radius 2 is 1.67 bits per heavy atom. The summed E-state index contributed by atoms with van der Waals surface area (Å²) in [5.41, 5.74) is 3.55. The van der Waals surface area contributed by atoms with Crippen LogP contribution in [-0.2, 0) is 0 Å². The lowest BCUT2D eigenvalue weighted by Gasteiger charge is -1.99. The molecule has 0 atom stereocenters. The van der Waals surface area contributed by atoms with Crippen molar-refractivity contribution >= 4 is 5.91 Å². The number of benzene rings is 1. The standard InChI is InChI=1S/C7H4F3NO/c8-3-1-2-4(9)6(10)5(3)7(11)12/h1-2H,(H2,11,12). The smallest absolute Gasteiger partial charge is 0.254 e. The van der Waals surface area contributed by atoms with Gasteiger partial charge in [0.15, 0.2) is 11.6 Å². The second-order valence-electron chi connectivity index (χ2n) is 2.08. The fourth-order valence-corrected chi connectivity index (χ4v) is 0.753. The Kier molecular flexibility index (Phi) is 2.03. The molecule has 2 nitrogen and oxygen atoms in total. The van der Waals surface area contributed by atoms with Crippen LogP contribution in [0.15, 0.2) is 12.1 Å². The molecule has 1 amide bonds. The van der Waals surface area contributed by atoms with Crippen LogP contribution in [0.25, 0.3) is 0 Å². The maximum atomic E-state index is 12.6. The lowest BCUT2D eigenvalue weighted by atomic mass is 10.2. The predicted molar refractivity (Wildman–Crippen MR) is 34.8 cm³/mol. The van der Waals surface area contributed by atoms with Crippen LogP contribution >= 0.6 is 0 Å². The minimum atomic E-state index is -1.55. The molecule has 0 aromatic heterocycles. The number of hydrogen-bond acceptors (Lipinski definition) is 1. The van der Waals surface area contributed by atoms with E-state index >= 15 is 0 Å². The van der Waals surface area contributed by atoms with Crippen LogP contribution in [-0.4, -0.2) is 5.91 Å². The van der Waals surface area contributed by atoms with Gasteiger partial charge in [-0.05, 0) is 12.1 Å². The van der Waals surface area contributed by atoms with Gasteiger partial charge in [-0.15, -0.1) is 0 Å². The highest BCUT2D eigenvalue weighted by molar-refractivity contribution is 5.93. The highest BCUT2D eigenvalue weighted by atomic mass is 19.2. The van der Waals surface area contributed by atoms with Gasteiger partial charge in [0.25, 0.3) is 5.91 Å². The molecule has 1 aromatic rings. The fourth-order valence-electron chi connectivity index (χ4n) is 0.753. The molecule has 1 rings (SSSR count). The highest BCUT2D eigenvalue weighted by Gasteiger charge is 2.17. The number of carbonyl (C=O) groups excluding carboxylic acids is 1. The first-order valence-corrected chi connectivity index (χ1v) is 2.97. The lowest BCUT2D eigenvalue weighted by Crippen LogP contribution is -2.16. The van der Waals surface area contributed by atoms with E-state index in [0.29, 0.717) is 12.1 Å². The third kappa shape index (κ3) is 1.25. The van der Waals surface area contributed by atoms with E-state index in [1.54, 1.807) is 0 Å². The summed E-state index contributed by atoms with van der Waals surface area (Å²) in [5.74, 6) is -5.35. The normalized spacial score (nSPS) is 9.92. The molecular weight excluding hydrogens is 171 g/mol. The highest BCUT2D eigenvalue weighted by Crippen LogP contribution is 2.14. The minimum absolute atomic E-state index is 0.580. The molecule has 2 N–H and O–H groups in total. The van der Waals surface area contributed by atoms with E-state index in [1.807, 2.05) is 0 Å². The average molecular weight is 175 g/mol. The zero-order chi connectivity index (χ0) is 9.30. The molecule has 5 heteroatoms. The van der Waals surface area contributed by atoms with E-state index in [-0.39, 0.29) is 0 Å². The van der Waals surface area contributed by atoms with Crippen molar-refractivity contribution in [1.82, 2.24) is 0 Å². The Labute approximate surface area is 65.8 Å². The number of primary amides is 1. The molecule has 0 radical (unpaired) electrons. The summed E-state index contributed by atoms with van der Waals surface area (Å²) in [4.78, 5) is 10.4. The Balaban J connectivity index is 3.43. The molecule has 0 aliphatic carbocycles. The molecule has 0 spiro atoms. The second-order valence-corrected chi connectivity index (χ2v) is 2.08. The van der Waals surface area contributed by atoms with Crippen LogP contribution in [0.3, 0.4) is 0 Å². The van der Waals surface area contributed by atoms with E-state index in [1.165, 1.54) is 0 Å². The van der Waals surface area contributed by atoms with Gasteiger partial charge in [-0.25, -0.2) is 13.2 Å². The molecule has 0 unspecified atom stereocenters. The Morgan fingerprint density at radius 1 is 1.17 bits per heavy atom. The van der Waals surface area contributed by atoms with Crippen molar-refractivity contribution in [3.8, 4) is 0 Å². The quantitative estimate of drug-likeness (QED) is 0.640. The Bertz CT molecular complexity index is 338. The van der Waals surface area contributed by atoms with E-state index in [9.17, 15) is 18.0 Å². The third-order valence-electron chi connectivity index (χ3n) is 1.29. The van der Waals surface area contributed by atoms with Crippen LogP contribution < -0.4 is 5.73 Å². The van der Waals surface area contributed by atoms with Crippen LogP contribution in [0, 0.1) is 17.5 Å². The molecule has 0 fully saturated rings. The average Bonchev–Trinajstić information content (AvgIpc) is 1.97. The molecule has 0 heterocycles. The summed E-state index contributed by atoms with van der Waals surface area (Å²) in [6.45, 7) is 0. The van der Waals surface area contributed by atoms with Gasteiger partial charge >= 0.3 is 0 Å². The number of nitrogens with two attached hydrogens (primary N) is 1. The number of halogens is 3. The topological polar surface area (TPSA) is 43.1 Å². The van der Waals surface area contributed by atoms with Crippen LogP contribution in [0.1, 0.15) is 10.4 Å². The van der Waals surface area contributed by atoms with Crippen molar-refractivity contribution in [3.63, 3.8) is 0 Å². The zero-order valence-corrected chi connectivity index (χ0v) is 5.77. The molecule has 0 saturated heterocycles. The first-order chi connectivity index (χ1) is 5.54. The van der Waals surface area contributed by atoms with Crippen molar-refractivity contribution in [2.75, 3.05) is 0 Å². The van der Waals surface area contributed by atoms with Gasteiger partial charge < -0.3 is 5.73 Å². The first kappa shape index (κ1) is 8.58. The van der Waals surface area contributed by atoms with Gasteiger partial charge in [-0.3, -0.25) is 4.79 Å². The zero-order valence-electron chi connectivity index (χ0n) is 5.77. The molecular formula is C7H4F3NO. The summed E-state index contributed by atoms with van der Waals surface area (Å²) < 4.78 is 37.5. The maximum Gasteiger partial charge on any atom is 0.254 e. The summed E-state index contributed by atoms with van der Waals surface area (Å²) in [7, 11) is 0. The van der Waals surface area contributed by atoms with Crippen LogP contribution in [0.2, 0.25) is 0 Å². The molecule has 1 aromatic carbocycles. The molecule has 0 saturated carbocycles. The largest absolute Gasteiger partial charge is 0.365 e. The van der Waals surface area contributed by atoms with E-state index in [0.717, 1.165) is 0 Å². The van der Waals surface area contributed by atoms with Crippen LogP contribution in [0.4, 0.5) is 13.2 Å². The van der Waals surface area contributed by atoms with E-state index < -0.39 is 28.9 Å². The van der Waals surface area contributed by atoms with Crippen molar-refractivity contribution < 1.29 is 18.0 Å². The number of amides is 1. The first-order valence-electron chi connectivity index (χ1n) is 2.97. The Morgan fingerprint density at radius 3 is 2.08 bits per heavy atom. The van der Waals surface area contributed by atoms with Gasteiger partial charge in [-0.1, -0.05) is 0 Å². The van der Waals surface area contributed by atoms with Crippen molar-refractivity contribution in [2.45, 2.75) is 0 Å². The summed E-state index contributed by atoms with van der Waals surface area (Å²) in [6, 6.07) is 1.22. The lowest BCUT2D eigenvalue weighted by molar-refractivity contribution is 0.0991. The van der Waals surface area contributed by atoms with Gasteiger partial charge in [0.2, 0.25) is 0 Å². The fraction of sp³-hybridized carbons (Fsp3) is 0. The molecule has 0 aliphatic heterocycles. The van der Waals surface area contributed by atoms with Gasteiger partial charge in [-0.2, -0.15) is 0 Å². The Hall–Kier alpha value is -1.52. The van der Waals surface area contributed by atoms with E-state index in [4.69, 9.17) is 0 Å². The van der Waals surface area contributed by atoms with Gasteiger partial charge in [0, 0.05) is 0 Å². The molecule has 12 heavy (non-hydrogen) atoms.